The lowest BCUT2D eigenvalue weighted by molar-refractivity contribution is 0.593. The Bertz CT molecular complexity index is 710. The molecule has 0 radical (unpaired) electrons. The van der Waals surface area contributed by atoms with Gasteiger partial charge in [0.25, 0.3) is 0 Å². The minimum absolute atomic E-state index is 0.287. The topological polar surface area (TPSA) is 41.6 Å². The Morgan fingerprint density at radius 1 is 0.952 bits per heavy atom. The summed E-state index contributed by atoms with van der Waals surface area (Å²) in [6.45, 7) is 1.84. The van der Waals surface area contributed by atoms with E-state index in [1.165, 1.54) is 0 Å². The van der Waals surface area contributed by atoms with Crippen LogP contribution in [0.4, 0.5) is 0 Å². The predicted molar refractivity (Wildman–Crippen MR) is 83.4 cm³/mol. The zero-order valence-corrected chi connectivity index (χ0v) is 11.8. The third kappa shape index (κ3) is 2.56. The number of nitrogens with zero attached hydrogens (tertiary/aromatic N) is 3. The highest BCUT2D eigenvalue weighted by Gasteiger charge is 2.15. The molecule has 0 aliphatic heterocycles. The van der Waals surface area contributed by atoms with Crippen LogP contribution in [0.25, 0.3) is 22.4 Å². The smallest absolute Gasteiger partial charge is 0.135 e. The van der Waals surface area contributed by atoms with Crippen LogP contribution < -0.4 is 0 Å². The van der Waals surface area contributed by atoms with Crippen molar-refractivity contribution >= 4 is 0 Å². The van der Waals surface area contributed by atoms with Gasteiger partial charge in [-0.05, 0) is 12.5 Å². The van der Waals surface area contributed by atoms with Crippen molar-refractivity contribution < 1.29 is 0 Å². The SMILES string of the molecule is CC(C#N)n1cc(-c2ccccc2)c(-c2ccccc2)n1. The molecule has 1 unspecified atom stereocenters. The first-order valence-corrected chi connectivity index (χ1v) is 6.89. The van der Waals surface area contributed by atoms with E-state index in [-0.39, 0.29) is 6.04 Å². The number of aromatic nitrogens is 2. The third-order valence-corrected chi connectivity index (χ3v) is 3.45. The molecular weight excluding hydrogens is 258 g/mol. The van der Waals surface area contributed by atoms with Crippen molar-refractivity contribution in [1.29, 1.82) is 5.26 Å². The number of nitriles is 1. The summed E-state index contributed by atoms with van der Waals surface area (Å²) in [5, 5.41) is 13.7. The van der Waals surface area contributed by atoms with E-state index in [9.17, 15) is 0 Å². The van der Waals surface area contributed by atoms with E-state index in [2.05, 4.69) is 23.3 Å². The molecule has 0 N–H and O–H groups in total. The molecule has 0 fully saturated rings. The summed E-state index contributed by atoms with van der Waals surface area (Å²) in [4.78, 5) is 0. The molecule has 0 saturated heterocycles. The van der Waals surface area contributed by atoms with Crippen LogP contribution in [0, 0.1) is 11.3 Å². The van der Waals surface area contributed by atoms with Crippen molar-refractivity contribution in [3.8, 4) is 28.5 Å². The first kappa shape index (κ1) is 13.1. The Labute approximate surface area is 124 Å². The first-order chi connectivity index (χ1) is 10.3. The molecule has 0 aliphatic carbocycles. The maximum atomic E-state index is 9.12. The molecule has 0 saturated carbocycles. The standard InChI is InChI=1S/C18H15N3/c1-14(12-19)21-13-17(15-8-4-2-5-9-15)18(20-21)16-10-6-3-7-11-16/h2-11,13-14H,1H3. The molecule has 0 spiro atoms. The summed E-state index contributed by atoms with van der Waals surface area (Å²) in [7, 11) is 0. The molecule has 1 atom stereocenters. The number of rotatable bonds is 3. The van der Waals surface area contributed by atoms with Crippen molar-refractivity contribution in [2.45, 2.75) is 13.0 Å². The molecule has 1 aromatic heterocycles. The van der Waals surface area contributed by atoms with Crippen molar-refractivity contribution in [3.05, 3.63) is 66.9 Å². The summed E-state index contributed by atoms with van der Waals surface area (Å²) in [6, 6.07) is 22.1. The van der Waals surface area contributed by atoms with Crippen LogP contribution in [0.15, 0.2) is 66.9 Å². The largest absolute Gasteiger partial charge is 0.255 e. The van der Waals surface area contributed by atoms with E-state index in [0.29, 0.717) is 0 Å². The molecule has 0 bridgehead atoms. The van der Waals surface area contributed by atoms with Gasteiger partial charge >= 0.3 is 0 Å². The van der Waals surface area contributed by atoms with E-state index in [1.807, 2.05) is 61.7 Å². The van der Waals surface area contributed by atoms with E-state index in [1.54, 1.807) is 4.68 Å². The van der Waals surface area contributed by atoms with Crippen molar-refractivity contribution in [2.24, 2.45) is 0 Å². The minimum Gasteiger partial charge on any atom is -0.255 e. The number of benzene rings is 2. The fourth-order valence-electron chi connectivity index (χ4n) is 2.29. The Morgan fingerprint density at radius 3 is 2.10 bits per heavy atom. The zero-order chi connectivity index (χ0) is 14.7. The van der Waals surface area contributed by atoms with Gasteiger partial charge in [-0.3, -0.25) is 4.68 Å². The second kappa shape index (κ2) is 5.64. The summed E-state index contributed by atoms with van der Waals surface area (Å²) < 4.78 is 1.73. The Hall–Kier alpha value is -2.86. The highest BCUT2D eigenvalue weighted by molar-refractivity contribution is 5.80. The summed E-state index contributed by atoms with van der Waals surface area (Å²) >= 11 is 0. The molecule has 3 aromatic rings. The van der Waals surface area contributed by atoms with Gasteiger partial charge in [0, 0.05) is 17.3 Å². The van der Waals surface area contributed by atoms with Gasteiger partial charge in [-0.15, -0.1) is 0 Å². The summed E-state index contributed by atoms with van der Waals surface area (Å²) in [5.74, 6) is 0. The van der Waals surface area contributed by atoms with Gasteiger partial charge in [-0.2, -0.15) is 10.4 Å². The molecule has 3 heteroatoms. The van der Waals surface area contributed by atoms with Crippen molar-refractivity contribution in [3.63, 3.8) is 0 Å². The average Bonchev–Trinajstić information content (AvgIpc) is 3.01. The molecule has 0 aliphatic rings. The highest BCUT2D eigenvalue weighted by Crippen LogP contribution is 2.31. The van der Waals surface area contributed by atoms with Gasteiger partial charge in [-0.1, -0.05) is 60.7 Å². The number of hydrogen-bond acceptors (Lipinski definition) is 2. The van der Waals surface area contributed by atoms with Crippen LogP contribution in [0.1, 0.15) is 13.0 Å². The molecule has 102 valence electrons. The fourth-order valence-corrected chi connectivity index (χ4v) is 2.29. The lowest BCUT2D eigenvalue weighted by Gasteiger charge is -2.02. The quantitative estimate of drug-likeness (QED) is 0.714. The fraction of sp³-hybridized carbons (Fsp3) is 0.111. The van der Waals surface area contributed by atoms with Crippen LogP contribution >= 0.6 is 0 Å². The monoisotopic (exact) mass is 273 g/mol. The number of hydrogen-bond donors (Lipinski definition) is 0. The van der Waals surface area contributed by atoms with Gasteiger partial charge in [0.2, 0.25) is 0 Å². The maximum Gasteiger partial charge on any atom is 0.135 e. The average molecular weight is 273 g/mol. The second-order valence-electron chi connectivity index (χ2n) is 4.91. The van der Waals surface area contributed by atoms with Crippen LogP contribution in [0.2, 0.25) is 0 Å². The van der Waals surface area contributed by atoms with E-state index in [4.69, 9.17) is 5.26 Å². The van der Waals surface area contributed by atoms with Crippen LogP contribution in [-0.4, -0.2) is 9.78 Å². The molecule has 21 heavy (non-hydrogen) atoms. The molecule has 3 nitrogen and oxygen atoms in total. The first-order valence-electron chi connectivity index (χ1n) is 6.89. The van der Waals surface area contributed by atoms with Crippen molar-refractivity contribution in [2.75, 3.05) is 0 Å². The minimum atomic E-state index is -0.287. The third-order valence-electron chi connectivity index (χ3n) is 3.45. The van der Waals surface area contributed by atoms with Crippen molar-refractivity contribution in [1.82, 2.24) is 9.78 Å². The Balaban J connectivity index is 2.18. The van der Waals surface area contributed by atoms with Crippen LogP contribution in [0.3, 0.4) is 0 Å². The van der Waals surface area contributed by atoms with Gasteiger partial charge < -0.3 is 0 Å². The molecule has 2 aromatic carbocycles. The van der Waals surface area contributed by atoms with Crippen LogP contribution in [0.5, 0.6) is 0 Å². The van der Waals surface area contributed by atoms with Gasteiger partial charge in [0.15, 0.2) is 0 Å². The van der Waals surface area contributed by atoms with E-state index in [0.717, 1.165) is 22.4 Å². The second-order valence-corrected chi connectivity index (χ2v) is 4.91. The summed E-state index contributed by atoms with van der Waals surface area (Å²) in [5.41, 5.74) is 4.11. The van der Waals surface area contributed by atoms with Gasteiger partial charge in [-0.25, -0.2) is 0 Å². The van der Waals surface area contributed by atoms with Gasteiger partial charge in [0.1, 0.15) is 11.7 Å². The molecule has 0 amide bonds. The van der Waals surface area contributed by atoms with Crippen LogP contribution in [-0.2, 0) is 0 Å². The maximum absolute atomic E-state index is 9.12. The molecule has 3 rings (SSSR count). The lowest BCUT2D eigenvalue weighted by Crippen LogP contribution is -2.02. The normalized spacial score (nSPS) is 11.8. The van der Waals surface area contributed by atoms with E-state index >= 15 is 0 Å². The molecular formula is C18H15N3. The van der Waals surface area contributed by atoms with Gasteiger partial charge in [0.05, 0.1) is 6.07 Å². The zero-order valence-electron chi connectivity index (χ0n) is 11.8. The highest BCUT2D eigenvalue weighted by atomic mass is 15.3. The van der Waals surface area contributed by atoms with E-state index < -0.39 is 0 Å². The lowest BCUT2D eigenvalue weighted by atomic mass is 10.0. The Kier molecular flexibility index (Phi) is 3.53. The predicted octanol–water partition coefficient (Wildman–Crippen LogP) is 4.30. The summed E-state index contributed by atoms with van der Waals surface area (Å²) in [6.07, 6.45) is 1.95. The molecule has 1 heterocycles. The Morgan fingerprint density at radius 2 is 1.52 bits per heavy atom.